The first-order valence-corrected chi connectivity index (χ1v) is 4.22. The number of hydrogen-bond donors (Lipinski definition) is 3. The molecule has 0 aliphatic carbocycles. The highest BCUT2D eigenvalue weighted by atomic mass is 16.5. The molecule has 0 aromatic heterocycles. The van der Waals surface area contributed by atoms with Crippen molar-refractivity contribution in [2.24, 2.45) is 0 Å². The smallest absolute Gasteiger partial charge is 0.333 e. The van der Waals surface area contributed by atoms with Gasteiger partial charge >= 0.3 is 5.97 Å². The Morgan fingerprint density at radius 3 is 2.33 bits per heavy atom. The van der Waals surface area contributed by atoms with Crippen LogP contribution >= 0.6 is 0 Å². The molecule has 0 amide bonds. The van der Waals surface area contributed by atoms with Crippen LogP contribution in [0, 0.1) is 0 Å². The SMILES string of the molecule is C=C(C)C(=O)OC[C@@H](O)[C@H](O)C(=O)CO. The average molecular weight is 218 g/mol. The number of esters is 1. The lowest BCUT2D eigenvalue weighted by atomic mass is 10.1. The molecule has 6 nitrogen and oxygen atoms in total. The number of rotatable bonds is 6. The summed E-state index contributed by atoms with van der Waals surface area (Å²) in [5.74, 6) is -1.66. The van der Waals surface area contributed by atoms with Gasteiger partial charge in [0, 0.05) is 5.57 Å². The van der Waals surface area contributed by atoms with Crippen LogP contribution in [0.3, 0.4) is 0 Å². The van der Waals surface area contributed by atoms with Crippen molar-refractivity contribution in [1.29, 1.82) is 0 Å². The fourth-order valence-electron chi connectivity index (χ4n) is 0.684. The number of aliphatic hydroxyl groups excluding tert-OH is 3. The minimum atomic E-state index is -1.76. The first-order valence-electron chi connectivity index (χ1n) is 4.22. The van der Waals surface area contributed by atoms with Gasteiger partial charge in [0.05, 0.1) is 0 Å². The van der Waals surface area contributed by atoms with E-state index in [0.717, 1.165) is 0 Å². The van der Waals surface area contributed by atoms with E-state index >= 15 is 0 Å². The van der Waals surface area contributed by atoms with Gasteiger partial charge in [-0.05, 0) is 6.92 Å². The van der Waals surface area contributed by atoms with Crippen LogP contribution in [0.5, 0.6) is 0 Å². The van der Waals surface area contributed by atoms with Crippen molar-refractivity contribution < 1.29 is 29.6 Å². The van der Waals surface area contributed by atoms with Crippen molar-refractivity contribution in [3.8, 4) is 0 Å². The van der Waals surface area contributed by atoms with Crippen LogP contribution in [0.25, 0.3) is 0 Å². The Balaban J connectivity index is 4.03. The molecule has 0 unspecified atom stereocenters. The van der Waals surface area contributed by atoms with Crippen molar-refractivity contribution in [3.05, 3.63) is 12.2 Å². The molecule has 0 bridgehead atoms. The summed E-state index contributed by atoms with van der Waals surface area (Å²) in [5.41, 5.74) is 0.144. The highest BCUT2D eigenvalue weighted by Crippen LogP contribution is 1.99. The van der Waals surface area contributed by atoms with E-state index in [1.54, 1.807) is 0 Å². The van der Waals surface area contributed by atoms with Gasteiger partial charge in [0.25, 0.3) is 0 Å². The molecule has 0 aliphatic heterocycles. The standard InChI is InChI=1S/C9H14O6/c1-5(2)9(14)15-4-7(12)8(13)6(11)3-10/h7-8,10,12-13H,1,3-4H2,2H3/t7-,8-/m1/s1. The molecular weight excluding hydrogens is 204 g/mol. The number of ether oxygens (including phenoxy) is 1. The summed E-state index contributed by atoms with van der Waals surface area (Å²) in [4.78, 5) is 21.6. The van der Waals surface area contributed by atoms with Gasteiger partial charge in [0.1, 0.15) is 25.4 Å². The number of carbonyl (C=O) groups is 2. The maximum atomic E-state index is 10.9. The monoisotopic (exact) mass is 218 g/mol. The minimum absolute atomic E-state index is 0.144. The van der Waals surface area contributed by atoms with Gasteiger partial charge in [-0.3, -0.25) is 4.79 Å². The van der Waals surface area contributed by atoms with E-state index < -0.39 is 37.2 Å². The maximum Gasteiger partial charge on any atom is 0.333 e. The molecule has 86 valence electrons. The fourth-order valence-corrected chi connectivity index (χ4v) is 0.684. The normalized spacial score (nSPS) is 14.1. The topological polar surface area (TPSA) is 104 Å². The lowest BCUT2D eigenvalue weighted by Gasteiger charge is -2.15. The molecule has 15 heavy (non-hydrogen) atoms. The van der Waals surface area contributed by atoms with Gasteiger partial charge in [0.2, 0.25) is 0 Å². The third kappa shape index (κ3) is 4.68. The van der Waals surface area contributed by atoms with E-state index in [1.165, 1.54) is 6.92 Å². The van der Waals surface area contributed by atoms with E-state index in [2.05, 4.69) is 11.3 Å². The van der Waals surface area contributed by atoms with Crippen LogP contribution in [0.1, 0.15) is 6.92 Å². The first kappa shape index (κ1) is 13.8. The van der Waals surface area contributed by atoms with Gasteiger partial charge in [0.15, 0.2) is 5.78 Å². The molecule has 0 aromatic rings. The minimum Gasteiger partial charge on any atom is -0.459 e. The number of carbonyl (C=O) groups excluding carboxylic acids is 2. The Hall–Kier alpha value is -1.24. The van der Waals surface area contributed by atoms with Gasteiger partial charge in [-0.1, -0.05) is 6.58 Å². The van der Waals surface area contributed by atoms with Gasteiger partial charge in [-0.15, -0.1) is 0 Å². The predicted molar refractivity (Wildman–Crippen MR) is 49.9 cm³/mol. The lowest BCUT2D eigenvalue weighted by molar-refractivity contribution is -0.149. The molecule has 0 rings (SSSR count). The Morgan fingerprint density at radius 2 is 1.93 bits per heavy atom. The molecule has 2 atom stereocenters. The zero-order chi connectivity index (χ0) is 12.0. The van der Waals surface area contributed by atoms with Crippen LogP contribution in [-0.4, -0.2) is 52.5 Å². The Labute approximate surface area is 86.8 Å². The number of aliphatic hydroxyl groups is 3. The summed E-state index contributed by atoms with van der Waals surface area (Å²) in [6, 6.07) is 0. The summed E-state index contributed by atoms with van der Waals surface area (Å²) >= 11 is 0. The summed E-state index contributed by atoms with van der Waals surface area (Å²) < 4.78 is 4.50. The van der Waals surface area contributed by atoms with Crippen LogP contribution in [0.4, 0.5) is 0 Å². The molecular formula is C9H14O6. The maximum absolute atomic E-state index is 10.9. The third-order valence-corrected chi connectivity index (χ3v) is 1.58. The Bertz CT molecular complexity index is 259. The second kappa shape index (κ2) is 6.28. The van der Waals surface area contributed by atoms with E-state index in [0.29, 0.717) is 0 Å². The van der Waals surface area contributed by atoms with Gasteiger partial charge in [-0.25, -0.2) is 4.79 Å². The second-order valence-electron chi connectivity index (χ2n) is 3.02. The zero-order valence-electron chi connectivity index (χ0n) is 8.34. The molecule has 0 saturated heterocycles. The largest absolute Gasteiger partial charge is 0.459 e. The molecule has 0 spiro atoms. The Morgan fingerprint density at radius 1 is 1.40 bits per heavy atom. The van der Waals surface area contributed by atoms with Crippen molar-refractivity contribution in [3.63, 3.8) is 0 Å². The highest BCUT2D eigenvalue weighted by Gasteiger charge is 2.24. The van der Waals surface area contributed by atoms with E-state index in [-0.39, 0.29) is 5.57 Å². The summed E-state index contributed by atoms with van der Waals surface area (Å²) in [6.07, 6.45) is -3.30. The van der Waals surface area contributed by atoms with Crippen LogP contribution in [-0.2, 0) is 14.3 Å². The molecule has 0 heterocycles. The first-order chi connectivity index (χ1) is 6.90. The average Bonchev–Trinajstić information content (AvgIpc) is 2.22. The molecule has 0 aromatic carbocycles. The van der Waals surface area contributed by atoms with E-state index in [1.807, 2.05) is 0 Å². The van der Waals surface area contributed by atoms with Crippen LogP contribution < -0.4 is 0 Å². The van der Waals surface area contributed by atoms with Crippen molar-refractivity contribution in [2.45, 2.75) is 19.1 Å². The highest BCUT2D eigenvalue weighted by molar-refractivity contribution is 5.87. The molecule has 0 fully saturated rings. The Kier molecular flexibility index (Phi) is 5.76. The summed E-state index contributed by atoms with van der Waals surface area (Å²) in [7, 11) is 0. The summed E-state index contributed by atoms with van der Waals surface area (Å²) in [6.45, 7) is 3.31. The molecule has 3 N–H and O–H groups in total. The molecule has 0 aliphatic rings. The van der Waals surface area contributed by atoms with E-state index in [4.69, 9.17) is 15.3 Å². The van der Waals surface area contributed by atoms with Gasteiger partial charge < -0.3 is 20.1 Å². The lowest BCUT2D eigenvalue weighted by Crippen LogP contribution is -2.39. The molecule has 6 heteroatoms. The second-order valence-corrected chi connectivity index (χ2v) is 3.02. The number of hydrogen-bond acceptors (Lipinski definition) is 6. The number of ketones is 1. The van der Waals surface area contributed by atoms with Crippen molar-refractivity contribution in [1.82, 2.24) is 0 Å². The summed E-state index contributed by atoms with van der Waals surface area (Å²) in [5, 5.41) is 26.6. The zero-order valence-corrected chi connectivity index (χ0v) is 8.34. The van der Waals surface area contributed by atoms with Crippen LogP contribution in [0.2, 0.25) is 0 Å². The molecule has 0 radical (unpaired) electrons. The number of Topliss-reactive ketones (excluding diaryl/α,β-unsaturated/α-hetero) is 1. The van der Waals surface area contributed by atoms with E-state index in [9.17, 15) is 9.59 Å². The predicted octanol–water partition coefficient (Wildman–Crippen LogP) is -1.61. The van der Waals surface area contributed by atoms with Gasteiger partial charge in [-0.2, -0.15) is 0 Å². The third-order valence-electron chi connectivity index (χ3n) is 1.58. The van der Waals surface area contributed by atoms with Crippen molar-refractivity contribution >= 4 is 11.8 Å². The quantitative estimate of drug-likeness (QED) is 0.366. The van der Waals surface area contributed by atoms with Crippen LogP contribution in [0.15, 0.2) is 12.2 Å². The van der Waals surface area contributed by atoms with Crippen molar-refractivity contribution in [2.75, 3.05) is 13.2 Å². The fraction of sp³-hybridized carbons (Fsp3) is 0.556. The molecule has 0 saturated carbocycles.